The topological polar surface area (TPSA) is 106 Å². The van der Waals surface area contributed by atoms with Crippen LogP contribution in [0.15, 0.2) is 79.4 Å². The van der Waals surface area contributed by atoms with E-state index in [2.05, 4.69) is 25.9 Å². The van der Waals surface area contributed by atoms with Crippen LogP contribution in [0.3, 0.4) is 0 Å². The molecule has 0 saturated heterocycles. The van der Waals surface area contributed by atoms with Crippen LogP contribution in [0.4, 0.5) is 26.4 Å². The van der Waals surface area contributed by atoms with E-state index in [1.807, 2.05) is 52.0 Å². The molecular weight excluding hydrogens is 509 g/mol. The minimum atomic E-state index is -0.636. The Hall–Kier alpha value is -4.99. The molecule has 0 atom stereocenters. The van der Waals surface area contributed by atoms with Crippen LogP contribution in [-0.4, -0.2) is 31.8 Å². The number of carbonyl (C=O) groups is 1. The lowest BCUT2D eigenvalue weighted by Crippen LogP contribution is -2.20. The summed E-state index contributed by atoms with van der Waals surface area (Å²) in [6, 6.07) is 15.2. The number of carbonyl (C=O) groups excluding carboxylic acids is 1. The number of nitrogens with one attached hydrogen (secondary N) is 3. The first-order valence-corrected chi connectivity index (χ1v) is 13.0. The minimum absolute atomic E-state index is 0.0118. The highest BCUT2D eigenvalue weighted by Gasteiger charge is 2.17. The molecule has 204 valence electrons. The van der Waals surface area contributed by atoms with Crippen LogP contribution in [0.5, 0.6) is 11.5 Å². The van der Waals surface area contributed by atoms with Gasteiger partial charge in [0.05, 0.1) is 11.4 Å². The molecule has 5 rings (SSSR count). The van der Waals surface area contributed by atoms with E-state index in [0.717, 1.165) is 16.3 Å². The number of anilines is 3. The van der Waals surface area contributed by atoms with E-state index >= 15 is 0 Å². The SMILES string of the molecule is CC(C)Nc1cc(Oc2ccc(NC(=O)Nc3cn(C(C)C)nc3-c3ccc4cnccc4c3)c(F)c2)ccn1. The summed E-state index contributed by atoms with van der Waals surface area (Å²) in [7, 11) is 0. The maximum absolute atomic E-state index is 14.9. The van der Waals surface area contributed by atoms with E-state index in [1.165, 1.54) is 12.1 Å². The van der Waals surface area contributed by atoms with E-state index in [-0.39, 0.29) is 23.5 Å². The zero-order chi connectivity index (χ0) is 28.2. The molecule has 3 N–H and O–H groups in total. The zero-order valence-electron chi connectivity index (χ0n) is 22.6. The summed E-state index contributed by atoms with van der Waals surface area (Å²) >= 11 is 0. The lowest BCUT2D eigenvalue weighted by molar-refractivity contribution is 0.262. The molecule has 0 bridgehead atoms. The van der Waals surface area contributed by atoms with Gasteiger partial charge in [-0.25, -0.2) is 14.2 Å². The summed E-state index contributed by atoms with van der Waals surface area (Å²) < 4.78 is 22.5. The second-order valence-corrected chi connectivity index (χ2v) is 9.90. The van der Waals surface area contributed by atoms with Crippen molar-refractivity contribution in [2.24, 2.45) is 0 Å². The first-order valence-electron chi connectivity index (χ1n) is 13.0. The van der Waals surface area contributed by atoms with Crippen LogP contribution in [-0.2, 0) is 0 Å². The third kappa shape index (κ3) is 6.17. The van der Waals surface area contributed by atoms with Crippen molar-refractivity contribution >= 4 is 34.0 Å². The second kappa shape index (κ2) is 11.4. The van der Waals surface area contributed by atoms with Crippen LogP contribution in [0.1, 0.15) is 33.7 Å². The number of halogens is 1. The van der Waals surface area contributed by atoms with Crippen molar-refractivity contribution in [1.82, 2.24) is 19.7 Å². The molecule has 0 aliphatic rings. The van der Waals surface area contributed by atoms with Crippen LogP contribution in [0, 0.1) is 5.82 Å². The van der Waals surface area contributed by atoms with Crippen LogP contribution in [0.2, 0.25) is 0 Å². The summed E-state index contributed by atoms with van der Waals surface area (Å²) in [5.41, 5.74) is 1.96. The highest BCUT2D eigenvalue weighted by atomic mass is 19.1. The van der Waals surface area contributed by atoms with Crippen molar-refractivity contribution in [1.29, 1.82) is 0 Å². The number of aromatic nitrogens is 4. The zero-order valence-corrected chi connectivity index (χ0v) is 22.6. The molecule has 3 heterocycles. The number of nitrogens with zero attached hydrogens (tertiary/aromatic N) is 4. The molecule has 0 radical (unpaired) electrons. The van der Waals surface area contributed by atoms with Gasteiger partial charge >= 0.3 is 6.03 Å². The number of hydrogen-bond acceptors (Lipinski definition) is 6. The van der Waals surface area contributed by atoms with Gasteiger partial charge in [-0.1, -0.05) is 12.1 Å². The van der Waals surface area contributed by atoms with E-state index in [0.29, 0.717) is 22.9 Å². The summed E-state index contributed by atoms with van der Waals surface area (Å²) in [5, 5.41) is 15.3. The first-order chi connectivity index (χ1) is 19.2. The third-order valence-electron chi connectivity index (χ3n) is 6.02. The fraction of sp³-hybridized carbons (Fsp3) is 0.200. The van der Waals surface area contributed by atoms with Gasteiger partial charge in [-0.3, -0.25) is 9.67 Å². The van der Waals surface area contributed by atoms with Gasteiger partial charge in [0, 0.05) is 60.0 Å². The molecule has 0 fully saturated rings. The smallest absolute Gasteiger partial charge is 0.323 e. The van der Waals surface area contributed by atoms with Gasteiger partial charge in [0.15, 0.2) is 0 Å². The summed E-state index contributed by atoms with van der Waals surface area (Å²) in [6.45, 7) is 8.01. The average Bonchev–Trinajstić information content (AvgIpc) is 3.34. The Morgan fingerprint density at radius 1 is 0.900 bits per heavy atom. The maximum atomic E-state index is 14.9. The minimum Gasteiger partial charge on any atom is -0.457 e. The predicted molar refractivity (Wildman–Crippen MR) is 155 cm³/mol. The maximum Gasteiger partial charge on any atom is 0.323 e. The summed E-state index contributed by atoms with van der Waals surface area (Å²) in [6.07, 6.45) is 6.90. The van der Waals surface area contributed by atoms with Gasteiger partial charge in [-0.05, 0) is 63.4 Å². The van der Waals surface area contributed by atoms with Crippen molar-refractivity contribution in [3.63, 3.8) is 0 Å². The fourth-order valence-electron chi connectivity index (χ4n) is 4.11. The molecular formula is C30H30FN7O2. The van der Waals surface area contributed by atoms with Gasteiger partial charge in [0.25, 0.3) is 0 Å². The molecule has 3 aromatic heterocycles. The molecule has 0 aliphatic carbocycles. The predicted octanol–water partition coefficient (Wildman–Crippen LogP) is 7.47. The number of amides is 2. The van der Waals surface area contributed by atoms with Gasteiger partial charge < -0.3 is 20.7 Å². The largest absolute Gasteiger partial charge is 0.457 e. The van der Waals surface area contributed by atoms with Crippen molar-refractivity contribution < 1.29 is 13.9 Å². The lowest BCUT2D eigenvalue weighted by atomic mass is 10.1. The number of rotatable bonds is 8. The Morgan fingerprint density at radius 3 is 2.48 bits per heavy atom. The molecule has 40 heavy (non-hydrogen) atoms. The Labute approximate surface area is 231 Å². The second-order valence-electron chi connectivity index (χ2n) is 9.90. The Kier molecular flexibility index (Phi) is 7.59. The van der Waals surface area contributed by atoms with Crippen LogP contribution in [0.25, 0.3) is 22.0 Å². The van der Waals surface area contributed by atoms with Gasteiger partial charge in [-0.2, -0.15) is 5.10 Å². The quantitative estimate of drug-likeness (QED) is 0.189. The molecule has 0 unspecified atom stereocenters. The van der Waals surface area contributed by atoms with Gasteiger partial charge in [-0.15, -0.1) is 0 Å². The van der Waals surface area contributed by atoms with Gasteiger partial charge in [0.2, 0.25) is 0 Å². The standard InChI is InChI=1S/C30H30FN7O2/c1-18(2)34-28-15-24(10-12-33-28)40-23-7-8-26(25(31)14-23)35-30(39)36-27-17-38(19(3)4)37-29(27)21-5-6-22-16-32-11-9-20(22)13-21/h5-19H,1-4H3,(H,33,34)(H2,35,36,39). The molecule has 5 aromatic rings. The Balaban J connectivity index is 1.31. The monoisotopic (exact) mass is 539 g/mol. The van der Waals surface area contributed by atoms with Crippen molar-refractivity contribution in [2.75, 3.05) is 16.0 Å². The number of benzene rings is 2. The van der Waals surface area contributed by atoms with E-state index in [4.69, 9.17) is 9.84 Å². The number of pyridine rings is 2. The molecule has 0 aliphatic heterocycles. The molecule has 0 spiro atoms. The fourth-order valence-corrected chi connectivity index (χ4v) is 4.11. The molecule has 2 amide bonds. The normalized spacial score (nSPS) is 11.2. The number of ether oxygens (including phenoxy) is 1. The van der Waals surface area contributed by atoms with Crippen molar-refractivity contribution in [2.45, 2.75) is 39.8 Å². The highest BCUT2D eigenvalue weighted by Crippen LogP contribution is 2.31. The third-order valence-corrected chi connectivity index (χ3v) is 6.02. The van der Waals surface area contributed by atoms with E-state index in [9.17, 15) is 9.18 Å². The van der Waals surface area contributed by atoms with Gasteiger partial charge in [0.1, 0.15) is 28.8 Å². The Bertz CT molecular complexity index is 1670. The van der Waals surface area contributed by atoms with Crippen LogP contribution < -0.4 is 20.7 Å². The number of hydrogen-bond donors (Lipinski definition) is 3. The van der Waals surface area contributed by atoms with E-state index in [1.54, 1.807) is 47.7 Å². The molecule has 0 saturated carbocycles. The highest BCUT2D eigenvalue weighted by molar-refractivity contribution is 6.02. The van der Waals surface area contributed by atoms with Crippen LogP contribution >= 0.6 is 0 Å². The Morgan fingerprint density at radius 2 is 1.70 bits per heavy atom. The summed E-state index contributed by atoms with van der Waals surface area (Å²) in [5.74, 6) is 0.820. The van der Waals surface area contributed by atoms with Crippen molar-refractivity contribution in [3.05, 3.63) is 85.2 Å². The van der Waals surface area contributed by atoms with E-state index < -0.39 is 11.8 Å². The molecule has 2 aromatic carbocycles. The average molecular weight is 540 g/mol. The molecule has 9 nitrogen and oxygen atoms in total. The molecule has 10 heteroatoms. The first kappa shape index (κ1) is 26.6. The number of urea groups is 1. The summed E-state index contributed by atoms with van der Waals surface area (Å²) in [4.78, 5) is 21.3. The van der Waals surface area contributed by atoms with Crippen molar-refractivity contribution in [3.8, 4) is 22.8 Å². The lowest BCUT2D eigenvalue weighted by Gasteiger charge is -2.12. The number of fused-ring (bicyclic) bond motifs is 1.